The third kappa shape index (κ3) is 5.64. The molecule has 0 saturated carbocycles. The van der Waals surface area contributed by atoms with E-state index in [1.165, 1.54) is 11.1 Å². The molecule has 4 atom stereocenters. The minimum atomic E-state index is -0.431. The van der Waals surface area contributed by atoms with Gasteiger partial charge in [0.05, 0.1) is 5.54 Å². The van der Waals surface area contributed by atoms with Gasteiger partial charge in [-0.15, -0.1) is 0 Å². The Bertz CT molecular complexity index is 1180. The van der Waals surface area contributed by atoms with Gasteiger partial charge in [0.2, 0.25) is 5.91 Å². The number of carbonyl (C=O) groups is 2. The molecule has 2 amide bonds. The number of benzene rings is 2. The summed E-state index contributed by atoms with van der Waals surface area (Å²) in [6.07, 6.45) is 1.84. The molecule has 4 heterocycles. The molecule has 2 aromatic carbocycles. The van der Waals surface area contributed by atoms with Crippen molar-refractivity contribution in [3.8, 4) is 0 Å². The van der Waals surface area contributed by atoms with Crippen molar-refractivity contribution in [1.82, 2.24) is 20.0 Å². The Labute approximate surface area is 239 Å². The van der Waals surface area contributed by atoms with Gasteiger partial charge >= 0.3 is 6.09 Å². The van der Waals surface area contributed by atoms with Crippen LogP contribution in [0.3, 0.4) is 0 Å². The van der Waals surface area contributed by atoms with Crippen LogP contribution in [0.15, 0.2) is 60.7 Å². The van der Waals surface area contributed by atoms with Crippen LogP contribution in [-0.2, 0) is 22.6 Å². The van der Waals surface area contributed by atoms with E-state index in [1.807, 2.05) is 54.8 Å². The number of rotatable bonds is 4. The van der Waals surface area contributed by atoms with Crippen molar-refractivity contribution < 1.29 is 14.3 Å². The molecule has 4 unspecified atom stereocenters. The standard InChI is InChI=1S/C19H28N2O2.C14H18N2O/c1-15-12-21(17(22)23-18(2,3)4)19(15)10-11-20(14-19)13-16-8-6-5-7-9-16;1-11-9-15-14(11)7-8-16(13(14)17)10-12-5-3-2-4-6-12/h5-9,15H,10-14H2,1-4H3;2-6,11,15H,7-10H2,1H3. The third-order valence-electron chi connectivity index (χ3n) is 9.36. The molecule has 1 N–H and O–H groups in total. The average molecular weight is 547 g/mol. The average Bonchev–Trinajstić information content (AvgIpc) is 3.51. The van der Waals surface area contributed by atoms with Gasteiger partial charge in [-0.2, -0.15) is 0 Å². The zero-order valence-electron chi connectivity index (χ0n) is 24.9. The fourth-order valence-electron chi connectivity index (χ4n) is 6.78. The van der Waals surface area contributed by atoms with Gasteiger partial charge in [0.25, 0.3) is 0 Å². The number of likely N-dealkylation sites (tertiary alicyclic amines) is 3. The first-order valence-electron chi connectivity index (χ1n) is 14.9. The van der Waals surface area contributed by atoms with Crippen molar-refractivity contribution in [2.24, 2.45) is 11.8 Å². The smallest absolute Gasteiger partial charge is 0.410 e. The maximum absolute atomic E-state index is 12.5. The molecule has 4 aliphatic heterocycles. The second kappa shape index (κ2) is 11.2. The predicted octanol–water partition coefficient (Wildman–Crippen LogP) is 4.91. The van der Waals surface area contributed by atoms with Gasteiger partial charge in [0.1, 0.15) is 11.1 Å². The first-order chi connectivity index (χ1) is 19.0. The summed E-state index contributed by atoms with van der Waals surface area (Å²) in [7, 11) is 0. The van der Waals surface area contributed by atoms with Crippen LogP contribution in [0.1, 0.15) is 58.6 Å². The maximum Gasteiger partial charge on any atom is 0.410 e. The van der Waals surface area contributed by atoms with E-state index in [-0.39, 0.29) is 17.2 Å². The molecule has 4 aliphatic rings. The van der Waals surface area contributed by atoms with Crippen molar-refractivity contribution in [3.05, 3.63) is 71.8 Å². The lowest BCUT2D eigenvalue weighted by Crippen LogP contribution is -2.69. The summed E-state index contributed by atoms with van der Waals surface area (Å²) >= 11 is 0. The second-order valence-electron chi connectivity index (χ2n) is 13.3. The Morgan fingerprint density at radius 3 is 2.05 bits per heavy atom. The molecule has 7 heteroatoms. The highest BCUT2D eigenvalue weighted by Gasteiger charge is 2.57. The van der Waals surface area contributed by atoms with Gasteiger partial charge in [-0.05, 0) is 56.6 Å². The Balaban J connectivity index is 0.000000168. The van der Waals surface area contributed by atoms with E-state index in [4.69, 9.17) is 4.74 Å². The molecule has 0 radical (unpaired) electrons. The minimum Gasteiger partial charge on any atom is -0.444 e. The number of amides is 2. The van der Waals surface area contributed by atoms with E-state index < -0.39 is 5.60 Å². The summed E-state index contributed by atoms with van der Waals surface area (Å²) in [4.78, 5) is 31.3. The van der Waals surface area contributed by atoms with Gasteiger partial charge in [0, 0.05) is 45.8 Å². The fourth-order valence-corrected chi connectivity index (χ4v) is 6.78. The van der Waals surface area contributed by atoms with E-state index in [0.29, 0.717) is 17.7 Å². The van der Waals surface area contributed by atoms with Crippen LogP contribution >= 0.6 is 0 Å². The largest absolute Gasteiger partial charge is 0.444 e. The van der Waals surface area contributed by atoms with Crippen LogP contribution in [0.4, 0.5) is 4.79 Å². The molecule has 0 aromatic heterocycles. The Hall–Kier alpha value is -2.90. The van der Waals surface area contributed by atoms with Crippen LogP contribution in [0.5, 0.6) is 0 Å². The monoisotopic (exact) mass is 546 g/mol. The van der Waals surface area contributed by atoms with E-state index in [2.05, 4.69) is 60.5 Å². The fraction of sp³-hybridized carbons (Fsp3) is 0.576. The molecule has 6 rings (SSSR count). The van der Waals surface area contributed by atoms with Gasteiger partial charge in [-0.3, -0.25) is 9.69 Å². The molecule has 216 valence electrons. The molecule has 4 saturated heterocycles. The number of nitrogens with one attached hydrogen (secondary N) is 1. The minimum absolute atomic E-state index is 0.0306. The Morgan fingerprint density at radius 2 is 1.55 bits per heavy atom. The highest BCUT2D eigenvalue weighted by Crippen LogP contribution is 2.44. The lowest BCUT2D eigenvalue weighted by Gasteiger charge is -2.55. The number of nitrogens with zero attached hydrogens (tertiary/aromatic N) is 3. The van der Waals surface area contributed by atoms with Crippen LogP contribution < -0.4 is 5.32 Å². The summed E-state index contributed by atoms with van der Waals surface area (Å²) in [6, 6.07) is 20.8. The van der Waals surface area contributed by atoms with Gasteiger partial charge in [-0.25, -0.2) is 4.79 Å². The van der Waals surface area contributed by atoms with Gasteiger partial charge in [0.15, 0.2) is 0 Å². The van der Waals surface area contributed by atoms with Crippen LogP contribution in [-0.4, -0.2) is 76.1 Å². The molecule has 0 aliphatic carbocycles. The normalized spacial score (nSPS) is 29.7. The van der Waals surface area contributed by atoms with Gasteiger partial charge < -0.3 is 19.9 Å². The number of ether oxygens (including phenoxy) is 1. The maximum atomic E-state index is 12.5. The van der Waals surface area contributed by atoms with E-state index in [1.54, 1.807) is 0 Å². The topological polar surface area (TPSA) is 65.1 Å². The first kappa shape index (κ1) is 28.6. The lowest BCUT2D eigenvalue weighted by atomic mass is 9.74. The van der Waals surface area contributed by atoms with Crippen LogP contribution in [0, 0.1) is 11.8 Å². The molecule has 2 aromatic rings. The zero-order valence-corrected chi connectivity index (χ0v) is 24.9. The summed E-state index contributed by atoms with van der Waals surface area (Å²) in [5.74, 6) is 1.31. The number of hydrogen-bond acceptors (Lipinski definition) is 5. The highest BCUT2D eigenvalue weighted by molar-refractivity contribution is 5.90. The molecular weight excluding hydrogens is 500 g/mol. The third-order valence-corrected chi connectivity index (χ3v) is 9.36. The first-order valence-corrected chi connectivity index (χ1v) is 14.9. The molecule has 2 spiro atoms. The van der Waals surface area contributed by atoms with Crippen LogP contribution in [0.25, 0.3) is 0 Å². The van der Waals surface area contributed by atoms with E-state index in [0.717, 1.165) is 58.7 Å². The lowest BCUT2D eigenvalue weighted by molar-refractivity contribution is -0.138. The van der Waals surface area contributed by atoms with Crippen molar-refractivity contribution in [3.63, 3.8) is 0 Å². The predicted molar refractivity (Wildman–Crippen MR) is 158 cm³/mol. The second-order valence-corrected chi connectivity index (χ2v) is 13.3. The van der Waals surface area contributed by atoms with Crippen molar-refractivity contribution in [1.29, 1.82) is 0 Å². The van der Waals surface area contributed by atoms with Crippen LogP contribution in [0.2, 0.25) is 0 Å². The number of hydrogen-bond donors (Lipinski definition) is 1. The van der Waals surface area contributed by atoms with Gasteiger partial charge in [-0.1, -0.05) is 74.5 Å². The Morgan fingerprint density at radius 1 is 0.925 bits per heavy atom. The molecule has 4 fully saturated rings. The van der Waals surface area contributed by atoms with E-state index in [9.17, 15) is 9.59 Å². The van der Waals surface area contributed by atoms with Crippen molar-refractivity contribution >= 4 is 12.0 Å². The highest BCUT2D eigenvalue weighted by atomic mass is 16.6. The zero-order chi connectivity index (χ0) is 28.5. The SMILES string of the molecule is CC1CN(C(=O)OC(C)(C)C)C12CCN(Cc1ccccc1)C2.CC1CNC12CCN(Cc1ccccc1)C2=O. The van der Waals surface area contributed by atoms with Crippen molar-refractivity contribution in [2.45, 2.75) is 77.2 Å². The van der Waals surface area contributed by atoms with E-state index >= 15 is 0 Å². The van der Waals surface area contributed by atoms with Crippen molar-refractivity contribution in [2.75, 3.05) is 32.7 Å². The number of carbonyl (C=O) groups excluding carboxylic acids is 2. The summed E-state index contributed by atoms with van der Waals surface area (Å²) < 4.78 is 5.60. The summed E-state index contributed by atoms with van der Waals surface area (Å²) in [5, 5.41) is 3.34. The summed E-state index contributed by atoms with van der Waals surface area (Å²) in [6.45, 7) is 16.6. The summed E-state index contributed by atoms with van der Waals surface area (Å²) in [5.41, 5.74) is 1.86. The molecule has 40 heavy (non-hydrogen) atoms. The Kier molecular flexibility index (Phi) is 7.99. The molecule has 0 bridgehead atoms. The quantitative estimate of drug-likeness (QED) is 0.590. The molecule has 7 nitrogen and oxygen atoms in total. The molecular formula is C33H46N4O3.